The van der Waals surface area contributed by atoms with Crippen molar-refractivity contribution in [3.8, 4) is 11.1 Å². The molecule has 1 saturated heterocycles. The Kier molecular flexibility index (Phi) is 6.16. The molecule has 2 aromatic rings. The summed E-state index contributed by atoms with van der Waals surface area (Å²) < 4.78 is 5.11. The Labute approximate surface area is 158 Å². The SMILES string of the molecule is COCCN1CCN(C(=O)c2cccc(-c3cncc(C(N)=O)c3)c2)CC1. The number of nitrogens with zero attached hydrogens (tertiary/aromatic N) is 3. The van der Waals surface area contributed by atoms with Crippen LogP contribution in [0.4, 0.5) is 0 Å². The van der Waals surface area contributed by atoms with E-state index >= 15 is 0 Å². The third-order valence-electron chi connectivity index (χ3n) is 4.74. The van der Waals surface area contributed by atoms with Gasteiger partial charge in [-0.15, -0.1) is 0 Å². The van der Waals surface area contributed by atoms with E-state index in [1.807, 2.05) is 29.2 Å². The minimum Gasteiger partial charge on any atom is -0.383 e. The lowest BCUT2D eigenvalue weighted by atomic mass is 10.0. The normalized spacial score (nSPS) is 14.9. The minimum atomic E-state index is -0.525. The maximum absolute atomic E-state index is 12.9. The molecule has 0 saturated carbocycles. The minimum absolute atomic E-state index is 0.0160. The molecule has 2 amide bonds. The zero-order valence-corrected chi connectivity index (χ0v) is 15.4. The Morgan fingerprint density at radius 3 is 2.52 bits per heavy atom. The van der Waals surface area contributed by atoms with Gasteiger partial charge in [0, 0.05) is 63.4 Å². The molecule has 1 aliphatic heterocycles. The number of aromatic nitrogens is 1. The van der Waals surface area contributed by atoms with Crippen LogP contribution in [0.15, 0.2) is 42.7 Å². The van der Waals surface area contributed by atoms with Gasteiger partial charge in [0.1, 0.15) is 0 Å². The Morgan fingerprint density at radius 2 is 1.81 bits per heavy atom. The van der Waals surface area contributed by atoms with Gasteiger partial charge in [-0.2, -0.15) is 0 Å². The van der Waals surface area contributed by atoms with Crippen LogP contribution in [0.3, 0.4) is 0 Å². The lowest BCUT2D eigenvalue weighted by Gasteiger charge is -2.34. The molecule has 3 rings (SSSR count). The third kappa shape index (κ3) is 4.69. The highest BCUT2D eigenvalue weighted by Crippen LogP contribution is 2.21. The smallest absolute Gasteiger partial charge is 0.253 e. The van der Waals surface area contributed by atoms with E-state index in [0.717, 1.165) is 30.8 Å². The molecular weight excluding hydrogens is 344 g/mol. The van der Waals surface area contributed by atoms with Crippen LogP contribution in [-0.4, -0.2) is 73.0 Å². The number of ether oxygens (including phenoxy) is 1. The highest BCUT2D eigenvalue weighted by atomic mass is 16.5. The van der Waals surface area contributed by atoms with E-state index < -0.39 is 5.91 Å². The van der Waals surface area contributed by atoms with Crippen LogP contribution in [0, 0.1) is 0 Å². The summed E-state index contributed by atoms with van der Waals surface area (Å²) in [4.78, 5) is 32.5. The van der Waals surface area contributed by atoms with Gasteiger partial charge < -0.3 is 15.4 Å². The van der Waals surface area contributed by atoms with Gasteiger partial charge in [0.15, 0.2) is 0 Å². The van der Waals surface area contributed by atoms with Crippen molar-refractivity contribution in [2.75, 3.05) is 46.4 Å². The molecule has 0 spiro atoms. The predicted molar refractivity (Wildman–Crippen MR) is 102 cm³/mol. The Balaban J connectivity index is 1.71. The Morgan fingerprint density at radius 1 is 1.07 bits per heavy atom. The van der Waals surface area contributed by atoms with E-state index in [0.29, 0.717) is 30.8 Å². The molecule has 7 nitrogen and oxygen atoms in total. The van der Waals surface area contributed by atoms with Gasteiger partial charge in [-0.1, -0.05) is 12.1 Å². The van der Waals surface area contributed by atoms with Gasteiger partial charge in [-0.3, -0.25) is 19.5 Å². The van der Waals surface area contributed by atoms with Crippen molar-refractivity contribution in [1.29, 1.82) is 0 Å². The molecule has 142 valence electrons. The first-order chi connectivity index (χ1) is 13.1. The summed E-state index contributed by atoms with van der Waals surface area (Å²) in [7, 11) is 1.70. The molecule has 0 aliphatic carbocycles. The van der Waals surface area contributed by atoms with Crippen molar-refractivity contribution in [2.45, 2.75) is 0 Å². The summed E-state index contributed by atoms with van der Waals surface area (Å²) in [5.41, 5.74) is 7.88. The first-order valence-electron chi connectivity index (χ1n) is 8.94. The van der Waals surface area contributed by atoms with Crippen LogP contribution in [0.2, 0.25) is 0 Å². The average Bonchev–Trinajstić information content (AvgIpc) is 2.72. The van der Waals surface area contributed by atoms with Crippen LogP contribution in [0.25, 0.3) is 11.1 Å². The van der Waals surface area contributed by atoms with Crippen molar-refractivity contribution < 1.29 is 14.3 Å². The number of piperazine rings is 1. The van der Waals surface area contributed by atoms with E-state index in [1.165, 1.54) is 6.20 Å². The highest BCUT2D eigenvalue weighted by Gasteiger charge is 2.22. The summed E-state index contributed by atoms with van der Waals surface area (Å²) in [6.07, 6.45) is 3.09. The van der Waals surface area contributed by atoms with E-state index in [2.05, 4.69) is 9.88 Å². The lowest BCUT2D eigenvalue weighted by molar-refractivity contribution is 0.0594. The predicted octanol–water partition coefficient (Wildman–Crippen LogP) is 1.25. The first kappa shape index (κ1) is 19.0. The molecule has 2 N–H and O–H groups in total. The maximum Gasteiger partial charge on any atom is 0.253 e. The number of primary amides is 1. The number of carbonyl (C=O) groups is 2. The number of rotatable bonds is 6. The van der Waals surface area contributed by atoms with Crippen LogP contribution in [0.5, 0.6) is 0 Å². The summed E-state index contributed by atoms with van der Waals surface area (Å²) >= 11 is 0. The van der Waals surface area contributed by atoms with Crippen LogP contribution < -0.4 is 5.73 Å². The number of carbonyl (C=O) groups excluding carboxylic acids is 2. The number of nitrogens with two attached hydrogens (primary N) is 1. The van der Waals surface area contributed by atoms with Crippen molar-refractivity contribution in [2.24, 2.45) is 5.73 Å². The highest BCUT2D eigenvalue weighted by molar-refractivity contribution is 5.96. The van der Waals surface area contributed by atoms with Gasteiger partial charge in [0.2, 0.25) is 5.91 Å². The van der Waals surface area contributed by atoms with E-state index in [1.54, 1.807) is 19.4 Å². The largest absolute Gasteiger partial charge is 0.383 e. The van der Waals surface area contributed by atoms with E-state index in [-0.39, 0.29) is 5.91 Å². The second-order valence-corrected chi connectivity index (χ2v) is 6.53. The number of benzene rings is 1. The molecule has 0 atom stereocenters. The molecule has 1 aliphatic rings. The summed E-state index contributed by atoms with van der Waals surface area (Å²) in [6, 6.07) is 9.07. The zero-order chi connectivity index (χ0) is 19.2. The molecule has 1 aromatic carbocycles. The van der Waals surface area contributed by atoms with Crippen molar-refractivity contribution >= 4 is 11.8 Å². The second kappa shape index (κ2) is 8.75. The summed E-state index contributed by atoms with van der Waals surface area (Å²) in [5, 5.41) is 0. The molecule has 27 heavy (non-hydrogen) atoms. The average molecular weight is 368 g/mol. The molecular formula is C20H24N4O3. The number of pyridine rings is 1. The van der Waals surface area contributed by atoms with Crippen molar-refractivity contribution in [1.82, 2.24) is 14.8 Å². The fourth-order valence-electron chi connectivity index (χ4n) is 3.14. The fraction of sp³-hybridized carbons (Fsp3) is 0.350. The monoisotopic (exact) mass is 368 g/mol. The number of methoxy groups -OCH3 is 1. The quantitative estimate of drug-likeness (QED) is 0.829. The molecule has 0 radical (unpaired) electrons. The molecule has 2 heterocycles. The van der Waals surface area contributed by atoms with Crippen molar-refractivity contribution in [3.63, 3.8) is 0 Å². The molecule has 1 fully saturated rings. The Bertz CT molecular complexity index is 816. The maximum atomic E-state index is 12.9. The topological polar surface area (TPSA) is 88.8 Å². The van der Waals surface area contributed by atoms with Gasteiger partial charge in [0.05, 0.1) is 12.2 Å². The van der Waals surface area contributed by atoms with Crippen molar-refractivity contribution in [3.05, 3.63) is 53.9 Å². The Hall–Kier alpha value is -2.77. The molecule has 0 unspecified atom stereocenters. The number of amides is 2. The van der Waals surface area contributed by atoms with Gasteiger partial charge >= 0.3 is 0 Å². The summed E-state index contributed by atoms with van der Waals surface area (Å²) in [6.45, 7) is 4.68. The lowest BCUT2D eigenvalue weighted by Crippen LogP contribution is -2.49. The van der Waals surface area contributed by atoms with E-state index in [4.69, 9.17) is 10.5 Å². The zero-order valence-electron chi connectivity index (χ0n) is 15.4. The molecule has 7 heteroatoms. The second-order valence-electron chi connectivity index (χ2n) is 6.53. The fourth-order valence-corrected chi connectivity index (χ4v) is 3.14. The number of hydrogen-bond acceptors (Lipinski definition) is 5. The first-order valence-corrected chi connectivity index (χ1v) is 8.94. The number of hydrogen-bond donors (Lipinski definition) is 1. The van der Waals surface area contributed by atoms with Crippen LogP contribution in [-0.2, 0) is 4.74 Å². The molecule has 0 bridgehead atoms. The molecule has 1 aromatic heterocycles. The van der Waals surface area contributed by atoms with Crippen LogP contribution in [0.1, 0.15) is 20.7 Å². The van der Waals surface area contributed by atoms with Gasteiger partial charge in [-0.05, 0) is 23.8 Å². The third-order valence-corrected chi connectivity index (χ3v) is 4.74. The standard InChI is InChI=1S/C20H24N4O3/c1-27-10-9-23-5-7-24(8-6-23)20(26)16-4-2-3-15(11-16)17-12-18(19(21)25)14-22-13-17/h2-4,11-14H,5-10H2,1H3,(H2,21,25). The summed E-state index contributed by atoms with van der Waals surface area (Å²) in [5.74, 6) is -0.509. The van der Waals surface area contributed by atoms with Gasteiger partial charge in [0.25, 0.3) is 5.91 Å². The van der Waals surface area contributed by atoms with E-state index in [9.17, 15) is 9.59 Å². The van der Waals surface area contributed by atoms with Gasteiger partial charge in [-0.25, -0.2) is 0 Å². The van der Waals surface area contributed by atoms with Crippen LogP contribution >= 0.6 is 0 Å².